The van der Waals surface area contributed by atoms with Gasteiger partial charge in [0.2, 0.25) is 5.91 Å². The molecule has 3 aromatic rings. The predicted octanol–water partition coefficient (Wildman–Crippen LogP) is 8.25. The van der Waals surface area contributed by atoms with Gasteiger partial charge in [-0.3, -0.25) is 14.4 Å². The number of amides is 2. The number of carbonyl (C=O) groups excluding carboxylic acids is 2. The third kappa shape index (κ3) is 6.62. The number of halogens is 1. The third-order valence-electron chi connectivity index (χ3n) is 12.3. The minimum absolute atomic E-state index is 0.0290. The van der Waals surface area contributed by atoms with E-state index in [1.165, 1.54) is 11.8 Å². The highest BCUT2D eigenvalue weighted by Gasteiger charge is 2.51. The molecule has 1 aromatic carbocycles. The first-order valence-corrected chi connectivity index (χ1v) is 18.6. The first-order chi connectivity index (χ1) is 24.0. The molecule has 1 saturated heterocycles. The molecule has 5 aliphatic rings. The number of likely N-dealkylation sites (tertiary alicyclic amines) is 1. The molecular weight excluding hydrogens is 633 g/mol. The molecular formula is C40H52FN5O4. The van der Waals surface area contributed by atoms with Gasteiger partial charge in [0.25, 0.3) is 0 Å². The number of methoxy groups -OCH3 is 1. The average molecular weight is 686 g/mol. The van der Waals surface area contributed by atoms with Gasteiger partial charge in [0.1, 0.15) is 23.5 Å². The lowest BCUT2D eigenvalue weighted by molar-refractivity contribution is -0.124. The molecule has 2 bridgehead atoms. The summed E-state index contributed by atoms with van der Waals surface area (Å²) in [4.78, 5) is 35.4. The van der Waals surface area contributed by atoms with Gasteiger partial charge >= 0.3 is 6.09 Å². The van der Waals surface area contributed by atoms with Crippen molar-refractivity contribution in [3.05, 3.63) is 59.8 Å². The number of nitrogens with zero attached hydrogens (tertiary/aromatic N) is 5. The number of anilines is 1. The first kappa shape index (κ1) is 34.5. The summed E-state index contributed by atoms with van der Waals surface area (Å²) in [6.45, 7) is 10.4. The number of aryl methyl sites for hydroxylation is 1. The number of ether oxygens (including phenoxy) is 2. The van der Waals surface area contributed by atoms with E-state index in [1.807, 2.05) is 29.6 Å². The summed E-state index contributed by atoms with van der Waals surface area (Å²) in [5.41, 5.74) is 3.74. The Kier molecular flexibility index (Phi) is 9.41. The predicted molar refractivity (Wildman–Crippen MR) is 191 cm³/mol. The Morgan fingerprint density at radius 1 is 1.02 bits per heavy atom. The summed E-state index contributed by atoms with van der Waals surface area (Å²) in [7, 11) is 1.72. The molecule has 0 spiro atoms. The molecule has 2 aromatic heterocycles. The zero-order valence-corrected chi connectivity index (χ0v) is 30.3. The van der Waals surface area contributed by atoms with Crippen molar-refractivity contribution in [1.29, 1.82) is 0 Å². The van der Waals surface area contributed by atoms with Crippen molar-refractivity contribution in [2.75, 3.05) is 31.6 Å². The smallest absolute Gasteiger partial charge is 0.410 e. The molecule has 9 nitrogen and oxygen atoms in total. The van der Waals surface area contributed by atoms with Gasteiger partial charge in [-0.2, -0.15) is 5.10 Å². The van der Waals surface area contributed by atoms with Crippen LogP contribution in [-0.4, -0.2) is 64.5 Å². The minimum atomic E-state index is -0.434. The second kappa shape index (κ2) is 13.6. The van der Waals surface area contributed by atoms with E-state index in [1.54, 1.807) is 24.3 Å². The zero-order valence-electron chi connectivity index (χ0n) is 30.3. The number of pyridine rings is 1. The SMILES string of the molecule is COc1ccc(C23CCC(CN(C(=O)C4CCC(OC(=O)N5CC(C)C5)CC4)c4cc(-c5cnn(C(C)C)c5)c(F)cn4)(CC2)CC3)cc1C. The standard InChI is InChI=1S/C40H52FN5O4/c1-26(2)46-24-30(20-43-46)33-19-36(42-21-34(33)41)45(37(47)29-6-9-32(10-7-29)50-38(48)44-22-27(3)23-44)25-39-12-15-40(16-13-39,17-14-39)31-8-11-35(49-5)28(4)18-31/h8,11,18-21,24,26-27,29,32H,6-7,9-10,12-17,22-23,25H2,1-5H3. The highest BCUT2D eigenvalue weighted by Crippen LogP contribution is 2.58. The fourth-order valence-corrected chi connectivity index (χ4v) is 9.02. The van der Waals surface area contributed by atoms with Gasteiger partial charge in [-0.05, 0) is 125 Å². The summed E-state index contributed by atoms with van der Waals surface area (Å²) in [5.74, 6) is 1.32. The highest BCUT2D eigenvalue weighted by molar-refractivity contribution is 5.95. The number of rotatable bonds is 9. The van der Waals surface area contributed by atoms with Crippen LogP contribution in [0.25, 0.3) is 11.1 Å². The lowest BCUT2D eigenvalue weighted by Crippen LogP contribution is -2.52. The van der Waals surface area contributed by atoms with Gasteiger partial charge in [-0.1, -0.05) is 19.1 Å². The van der Waals surface area contributed by atoms with E-state index >= 15 is 4.39 Å². The second-order valence-corrected chi connectivity index (χ2v) is 16.1. The summed E-state index contributed by atoms with van der Waals surface area (Å²) < 4.78 is 28.6. The lowest BCUT2D eigenvalue weighted by Gasteiger charge is -2.55. The monoisotopic (exact) mass is 685 g/mol. The molecule has 4 aliphatic carbocycles. The number of hydrogen-bond acceptors (Lipinski definition) is 6. The molecule has 50 heavy (non-hydrogen) atoms. The van der Waals surface area contributed by atoms with Crippen LogP contribution in [-0.2, 0) is 14.9 Å². The van der Waals surface area contributed by atoms with Crippen LogP contribution in [0.15, 0.2) is 42.9 Å². The molecule has 8 rings (SSSR count). The van der Waals surface area contributed by atoms with E-state index in [2.05, 4.69) is 42.1 Å². The minimum Gasteiger partial charge on any atom is -0.496 e. The van der Waals surface area contributed by atoms with Gasteiger partial charge in [0, 0.05) is 48.9 Å². The number of benzene rings is 1. The van der Waals surface area contributed by atoms with Crippen molar-refractivity contribution < 1.29 is 23.5 Å². The molecule has 5 fully saturated rings. The summed E-state index contributed by atoms with van der Waals surface area (Å²) in [6, 6.07) is 8.52. The molecule has 2 amide bonds. The van der Waals surface area contributed by atoms with E-state index in [9.17, 15) is 9.59 Å². The number of carbonyl (C=O) groups is 2. The summed E-state index contributed by atoms with van der Waals surface area (Å²) in [6.07, 6.45) is 13.3. The van der Waals surface area contributed by atoms with Crippen LogP contribution in [0.2, 0.25) is 0 Å². The van der Waals surface area contributed by atoms with Gasteiger partial charge in [-0.15, -0.1) is 0 Å². The van der Waals surface area contributed by atoms with Crippen molar-refractivity contribution in [3.63, 3.8) is 0 Å². The molecule has 0 unspecified atom stereocenters. The summed E-state index contributed by atoms with van der Waals surface area (Å²) in [5, 5.41) is 4.44. The molecule has 3 heterocycles. The fraction of sp³-hybridized carbons (Fsp3) is 0.600. The van der Waals surface area contributed by atoms with Gasteiger partial charge in [0.05, 0.1) is 19.5 Å². The van der Waals surface area contributed by atoms with Crippen LogP contribution in [0.3, 0.4) is 0 Å². The zero-order chi connectivity index (χ0) is 35.2. The topological polar surface area (TPSA) is 89.8 Å². The van der Waals surface area contributed by atoms with E-state index in [4.69, 9.17) is 9.47 Å². The van der Waals surface area contributed by atoms with Crippen LogP contribution in [0.1, 0.15) is 102 Å². The maximum Gasteiger partial charge on any atom is 0.410 e. The van der Waals surface area contributed by atoms with Gasteiger partial charge in [-0.25, -0.2) is 14.2 Å². The molecule has 268 valence electrons. The van der Waals surface area contributed by atoms with E-state index in [0.717, 1.165) is 62.9 Å². The molecule has 0 radical (unpaired) electrons. The van der Waals surface area contributed by atoms with Gasteiger partial charge in [0.15, 0.2) is 0 Å². The number of hydrogen-bond donors (Lipinski definition) is 0. The lowest BCUT2D eigenvalue weighted by atomic mass is 9.51. The quantitative estimate of drug-likeness (QED) is 0.225. The van der Waals surface area contributed by atoms with Crippen LogP contribution in [0.4, 0.5) is 15.0 Å². The van der Waals surface area contributed by atoms with Crippen LogP contribution in [0.5, 0.6) is 5.75 Å². The Morgan fingerprint density at radius 3 is 2.32 bits per heavy atom. The Morgan fingerprint density at radius 2 is 1.72 bits per heavy atom. The maximum absolute atomic E-state index is 15.4. The van der Waals surface area contributed by atoms with Crippen molar-refractivity contribution in [3.8, 4) is 16.9 Å². The second-order valence-electron chi connectivity index (χ2n) is 16.1. The van der Waals surface area contributed by atoms with Crippen molar-refractivity contribution in [2.24, 2.45) is 17.3 Å². The Hall–Kier alpha value is -3.95. The number of fused-ring (bicyclic) bond motifs is 3. The third-order valence-corrected chi connectivity index (χ3v) is 12.3. The first-order valence-electron chi connectivity index (χ1n) is 18.6. The highest BCUT2D eigenvalue weighted by atomic mass is 19.1. The van der Waals surface area contributed by atoms with Gasteiger partial charge < -0.3 is 14.4 Å². The Labute approximate surface area is 295 Å². The van der Waals surface area contributed by atoms with Crippen LogP contribution in [0, 0.1) is 30.0 Å². The van der Waals surface area contributed by atoms with Crippen molar-refractivity contribution in [2.45, 2.75) is 109 Å². The van der Waals surface area contributed by atoms with Crippen LogP contribution < -0.4 is 9.64 Å². The molecule has 0 atom stereocenters. The number of aromatic nitrogens is 3. The van der Waals surface area contributed by atoms with E-state index < -0.39 is 5.82 Å². The maximum atomic E-state index is 15.4. The molecule has 1 aliphatic heterocycles. The Bertz CT molecular complexity index is 1700. The van der Waals surface area contributed by atoms with Crippen molar-refractivity contribution >= 4 is 17.8 Å². The Balaban J connectivity index is 1.12. The molecule has 0 N–H and O–H groups in total. The van der Waals surface area contributed by atoms with E-state index in [0.29, 0.717) is 55.1 Å². The van der Waals surface area contributed by atoms with E-state index in [-0.39, 0.29) is 40.9 Å². The normalized spacial score (nSPS) is 26.5. The average Bonchev–Trinajstić information content (AvgIpc) is 3.61. The fourth-order valence-electron chi connectivity index (χ4n) is 9.02. The summed E-state index contributed by atoms with van der Waals surface area (Å²) >= 11 is 0. The largest absolute Gasteiger partial charge is 0.496 e. The molecule has 10 heteroatoms. The van der Waals surface area contributed by atoms with Crippen LogP contribution >= 0.6 is 0 Å². The van der Waals surface area contributed by atoms with Crippen molar-refractivity contribution in [1.82, 2.24) is 19.7 Å². The molecule has 4 saturated carbocycles.